The molecule has 1 fully saturated rings. The summed E-state index contributed by atoms with van der Waals surface area (Å²) in [5.74, 6) is -0.496. The fourth-order valence-electron chi connectivity index (χ4n) is 3.73. The first-order valence-electron chi connectivity index (χ1n) is 9.67. The van der Waals surface area contributed by atoms with Gasteiger partial charge in [0.25, 0.3) is 0 Å². The van der Waals surface area contributed by atoms with Crippen molar-refractivity contribution in [2.24, 2.45) is 7.05 Å². The summed E-state index contributed by atoms with van der Waals surface area (Å²) in [4.78, 5) is 19.0. The van der Waals surface area contributed by atoms with Gasteiger partial charge in [0, 0.05) is 43.8 Å². The third kappa shape index (κ3) is 4.18. The molecule has 4 rings (SSSR count). The normalized spacial score (nSPS) is 18.3. The molecule has 1 aliphatic heterocycles. The van der Waals surface area contributed by atoms with Crippen LogP contribution in [-0.2, 0) is 11.8 Å². The Labute approximate surface area is 179 Å². The highest BCUT2D eigenvalue weighted by Gasteiger charge is 2.40. The van der Waals surface area contributed by atoms with E-state index >= 15 is 0 Å². The van der Waals surface area contributed by atoms with Crippen molar-refractivity contribution >= 4 is 28.9 Å². The van der Waals surface area contributed by atoms with E-state index < -0.39 is 0 Å². The number of carbonyl (C=O) groups excluding carboxylic acids is 1. The lowest BCUT2D eigenvalue weighted by Crippen LogP contribution is -2.33. The van der Waals surface area contributed by atoms with Crippen molar-refractivity contribution in [3.8, 4) is 0 Å². The highest BCUT2D eigenvalue weighted by Crippen LogP contribution is 2.38. The molecule has 0 saturated carbocycles. The van der Waals surface area contributed by atoms with Crippen LogP contribution in [0.1, 0.15) is 29.9 Å². The van der Waals surface area contributed by atoms with Crippen LogP contribution >= 0.6 is 12.2 Å². The third-order valence-electron chi connectivity index (χ3n) is 5.19. The molecule has 154 valence electrons. The van der Waals surface area contributed by atoms with Crippen molar-refractivity contribution in [1.29, 1.82) is 0 Å². The Morgan fingerprint density at radius 1 is 1.20 bits per heavy atom. The van der Waals surface area contributed by atoms with Crippen molar-refractivity contribution in [2.45, 2.75) is 18.5 Å². The van der Waals surface area contributed by atoms with Crippen LogP contribution in [-0.4, -0.2) is 32.0 Å². The van der Waals surface area contributed by atoms with E-state index in [1.54, 1.807) is 18.3 Å². The molecule has 1 saturated heterocycles. The Balaban J connectivity index is 1.52. The minimum absolute atomic E-state index is 0.0916. The fourth-order valence-corrected chi connectivity index (χ4v) is 4.06. The van der Waals surface area contributed by atoms with E-state index in [4.69, 9.17) is 12.2 Å². The number of thiocarbonyl (C=S) groups is 1. The zero-order chi connectivity index (χ0) is 21.1. The molecule has 2 aromatic heterocycles. The smallest absolute Gasteiger partial charge is 0.226 e. The number of carbonyl (C=O) groups is 1. The number of aryl methyl sites for hydroxylation is 1. The predicted octanol–water partition coefficient (Wildman–Crippen LogP) is 3.56. The predicted molar refractivity (Wildman–Crippen MR) is 117 cm³/mol. The lowest BCUT2D eigenvalue weighted by Gasteiger charge is -2.28. The van der Waals surface area contributed by atoms with Crippen LogP contribution in [0.4, 0.5) is 10.1 Å². The molecule has 3 aromatic rings. The average Bonchev–Trinajstić information content (AvgIpc) is 3.31. The molecule has 3 heterocycles. The SMILES string of the molecule is Cn1cccc1[C@@H]1[C@H](c2ccccn2)NC(=S)N1CCC(=O)Nc1ccc(F)cc1. The van der Waals surface area contributed by atoms with E-state index in [-0.39, 0.29) is 30.2 Å². The molecule has 2 atom stereocenters. The van der Waals surface area contributed by atoms with Gasteiger partial charge in [-0.05, 0) is 60.7 Å². The maximum atomic E-state index is 13.1. The van der Waals surface area contributed by atoms with E-state index in [0.717, 1.165) is 11.4 Å². The van der Waals surface area contributed by atoms with Gasteiger partial charge in [0.1, 0.15) is 5.82 Å². The molecule has 1 aliphatic rings. The molecule has 1 amide bonds. The van der Waals surface area contributed by atoms with Crippen LogP contribution in [0.25, 0.3) is 0 Å². The van der Waals surface area contributed by atoms with E-state index in [9.17, 15) is 9.18 Å². The van der Waals surface area contributed by atoms with Gasteiger partial charge in [-0.15, -0.1) is 0 Å². The van der Waals surface area contributed by atoms with Gasteiger partial charge in [0.2, 0.25) is 5.91 Å². The van der Waals surface area contributed by atoms with E-state index in [1.165, 1.54) is 12.1 Å². The molecule has 0 radical (unpaired) electrons. The molecule has 0 aliphatic carbocycles. The number of anilines is 1. The molecule has 0 unspecified atom stereocenters. The minimum atomic E-state index is -0.340. The van der Waals surface area contributed by atoms with Gasteiger partial charge in [-0.1, -0.05) is 6.07 Å². The maximum absolute atomic E-state index is 13.1. The highest BCUT2D eigenvalue weighted by atomic mass is 32.1. The highest BCUT2D eigenvalue weighted by molar-refractivity contribution is 7.80. The van der Waals surface area contributed by atoms with Crippen LogP contribution in [0, 0.1) is 5.82 Å². The summed E-state index contributed by atoms with van der Waals surface area (Å²) in [7, 11) is 1.99. The quantitative estimate of drug-likeness (QED) is 0.594. The van der Waals surface area contributed by atoms with Crippen molar-refractivity contribution < 1.29 is 9.18 Å². The van der Waals surface area contributed by atoms with Gasteiger partial charge in [0.05, 0.1) is 17.8 Å². The first kappa shape index (κ1) is 20.0. The zero-order valence-electron chi connectivity index (χ0n) is 16.5. The fraction of sp³-hybridized carbons (Fsp3) is 0.227. The molecule has 1 aromatic carbocycles. The average molecular weight is 424 g/mol. The van der Waals surface area contributed by atoms with Gasteiger partial charge in [0.15, 0.2) is 5.11 Å². The number of benzene rings is 1. The Morgan fingerprint density at radius 2 is 2.00 bits per heavy atom. The topological polar surface area (TPSA) is 62.2 Å². The zero-order valence-corrected chi connectivity index (χ0v) is 17.3. The number of pyridine rings is 1. The number of nitrogens with one attached hydrogen (secondary N) is 2. The molecule has 0 bridgehead atoms. The minimum Gasteiger partial charge on any atom is -0.353 e. The first-order chi connectivity index (χ1) is 14.5. The number of hydrogen-bond donors (Lipinski definition) is 2. The van der Waals surface area contributed by atoms with Crippen molar-refractivity contribution in [1.82, 2.24) is 19.8 Å². The largest absolute Gasteiger partial charge is 0.353 e. The lowest BCUT2D eigenvalue weighted by molar-refractivity contribution is -0.116. The van der Waals surface area contributed by atoms with E-state index in [2.05, 4.69) is 26.3 Å². The van der Waals surface area contributed by atoms with Gasteiger partial charge >= 0.3 is 0 Å². The summed E-state index contributed by atoms with van der Waals surface area (Å²) in [5.41, 5.74) is 2.54. The van der Waals surface area contributed by atoms with Crippen molar-refractivity contribution in [3.63, 3.8) is 0 Å². The monoisotopic (exact) mass is 423 g/mol. The lowest BCUT2D eigenvalue weighted by atomic mass is 10.0. The Hall–Kier alpha value is -3.26. The standard InChI is InChI=1S/C22H22FN5OS/c1-27-13-4-6-18(27)21-20(17-5-2-3-12-24-17)26-22(30)28(21)14-11-19(29)25-16-9-7-15(23)8-10-16/h2-10,12-13,20-21H,11,14H2,1H3,(H,25,29)(H,26,30)/t20-,21+/m0/s1. The van der Waals surface area contributed by atoms with Crippen LogP contribution in [0.3, 0.4) is 0 Å². The number of amides is 1. The van der Waals surface area contributed by atoms with Crippen LogP contribution in [0.5, 0.6) is 0 Å². The summed E-state index contributed by atoms with van der Waals surface area (Å²) in [5, 5.41) is 6.76. The second-order valence-corrected chi connectivity index (χ2v) is 7.56. The number of aromatic nitrogens is 2. The third-order valence-corrected chi connectivity index (χ3v) is 5.54. The summed E-state index contributed by atoms with van der Waals surface area (Å²) in [6.45, 7) is 0.443. The Morgan fingerprint density at radius 3 is 2.67 bits per heavy atom. The van der Waals surface area contributed by atoms with Crippen molar-refractivity contribution in [2.75, 3.05) is 11.9 Å². The Bertz CT molecular complexity index is 1040. The number of nitrogens with zero attached hydrogens (tertiary/aromatic N) is 3. The number of hydrogen-bond acceptors (Lipinski definition) is 3. The summed E-state index contributed by atoms with van der Waals surface area (Å²) in [6, 6.07) is 15.4. The van der Waals surface area contributed by atoms with Gasteiger partial charge in [-0.25, -0.2) is 4.39 Å². The summed E-state index contributed by atoms with van der Waals surface area (Å²) < 4.78 is 15.1. The molecular formula is C22H22FN5OS. The number of halogens is 1. The molecule has 8 heteroatoms. The van der Waals surface area contributed by atoms with Crippen LogP contribution in [0.2, 0.25) is 0 Å². The van der Waals surface area contributed by atoms with E-state index in [1.807, 2.05) is 42.4 Å². The van der Waals surface area contributed by atoms with Gasteiger partial charge < -0.3 is 20.1 Å². The second-order valence-electron chi connectivity index (χ2n) is 7.17. The molecule has 2 N–H and O–H groups in total. The molecular weight excluding hydrogens is 401 g/mol. The van der Waals surface area contributed by atoms with Gasteiger partial charge in [-0.2, -0.15) is 0 Å². The molecule has 0 spiro atoms. The summed E-state index contributed by atoms with van der Waals surface area (Å²) in [6.07, 6.45) is 4.00. The Kier molecular flexibility index (Phi) is 5.76. The van der Waals surface area contributed by atoms with Crippen LogP contribution in [0.15, 0.2) is 67.0 Å². The second kappa shape index (κ2) is 8.62. The van der Waals surface area contributed by atoms with Crippen molar-refractivity contribution in [3.05, 3.63) is 84.2 Å². The molecule has 6 nitrogen and oxygen atoms in total. The van der Waals surface area contributed by atoms with Crippen LogP contribution < -0.4 is 10.6 Å². The van der Waals surface area contributed by atoms with Gasteiger partial charge in [-0.3, -0.25) is 9.78 Å². The summed E-state index contributed by atoms with van der Waals surface area (Å²) >= 11 is 5.61. The molecule has 30 heavy (non-hydrogen) atoms. The first-order valence-corrected chi connectivity index (χ1v) is 10.1. The maximum Gasteiger partial charge on any atom is 0.226 e. The number of rotatable bonds is 6. The van der Waals surface area contributed by atoms with E-state index in [0.29, 0.717) is 17.3 Å².